The number of hydrogen-bond acceptors (Lipinski definition) is 2. The van der Waals surface area contributed by atoms with Gasteiger partial charge in [0, 0.05) is 10.9 Å². The summed E-state index contributed by atoms with van der Waals surface area (Å²) < 4.78 is 29.5. The van der Waals surface area contributed by atoms with Crippen molar-refractivity contribution in [3.05, 3.63) is 27.7 Å². The normalized spacial score (nSPS) is 10.6. The molecular formula is C8H8BrF2NO2. The lowest BCUT2D eigenvalue weighted by Crippen LogP contribution is -2.14. The molecule has 0 bridgehead atoms. The highest BCUT2D eigenvalue weighted by molar-refractivity contribution is 9.08. The smallest absolute Gasteiger partial charge is 0.281 e. The molecule has 1 heterocycles. The van der Waals surface area contributed by atoms with Crippen LogP contribution in [0.4, 0.5) is 8.78 Å². The van der Waals surface area contributed by atoms with E-state index in [-0.39, 0.29) is 5.75 Å². The van der Waals surface area contributed by atoms with E-state index in [1.165, 1.54) is 13.2 Å². The fraction of sp³-hybridized carbons (Fsp3) is 0.375. The van der Waals surface area contributed by atoms with Crippen LogP contribution in [0.3, 0.4) is 0 Å². The quantitative estimate of drug-likeness (QED) is 0.854. The summed E-state index contributed by atoms with van der Waals surface area (Å²) in [5.41, 5.74) is -0.661. The molecule has 0 aliphatic carbocycles. The third-order valence-corrected chi connectivity index (χ3v) is 2.30. The van der Waals surface area contributed by atoms with E-state index in [1.807, 2.05) is 0 Å². The van der Waals surface area contributed by atoms with Gasteiger partial charge < -0.3 is 9.72 Å². The molecule has 1 rings (SSSR count). The van der Waals surface area contributed by atoms with Crippen LogP contribution >= 0.6 is 15.9 Å². The van der Waals surface area contributed by atoms with Crippen LogP contribution in [0.1, 0.15) is 17.7 Å². The molecule has 0 aliphatic rings. The van der Waals surface area contributed by atoms with E-state index in [0.29, 0.717) is 10.9 Å². The van der Waals surface area contributed by atoms with Gasteiger partial charge in [-0.1, -0.05) is 15.9 Å². The highest BCUT2D eigenvalue weighted by atomic mass is 79.9. The van der Waals surface area contributed by atoms with E-state index in [0.717, 1.165) is 0 Å². The molecule has 1 N–H and O–H groups in total. The maximum Gasteiger partial charge on any atom is 0.281 e. The first kappa shape index (κ1) is 11.2. The Morgan fingerprint density at radius 1 is 1.64 bits per heavy atom. The van der Waals surface area contributed by atoms with Gasteiger partial charge in [-0.2, -0.15) is 0 Å². The highest BCUT2D eigenvalue weighted by Gasteiger charge is 2.16. The topological polar surface area (TPSA) is 42.1 Å². The summed E-state index contributed by atoms with van der Waals surface area (Å²) in [6.45, 7) is 0. The van der Waals surface area contributed by atoms with Crippen LogP contribution in [0.2, 0.25) is 0 Å². The molecule has 0 spiro atoms. The Kier molecular flexibility index (Phi) is 3.62. The number of pyridine rings is 1. The van der Waals surface area contributed by atoms with E-state index in [2.05, 4.69) is 20.9 Å². The van der Waals surface area contributed by atoms with Gasteiger partial charge in [-0.05, 0) is 6.07 Å². The molecule has 0 aliphatic heterocycles. The lowest BCUT2D eigenvalue weighted by Gasteiger charge is -2.08. The minimum Gasteiger partial charge on any atom is -0.495 e. The first-order chi connectivity index (χ1) is 6.60. The standard InChI is InChI=1S/C8H8BrF2NO2/c1-14-5-2-4(3-9)8(13)12-6(5)7(10)11/h2,7H,3H2,1H3,(H,12,13). The van der Waals surface area contributed by atoms with Crippen molar-refractivity contribution in [3.8, 4) is 5.75 Å². The second-order valence-electron chi connectivity index (χ2n) is 2.54. The van der Waals surface area contributed by atoms with Gasteiger partial charge in [0.05, 0.1) is 7.11 Å². The van der Waals surface area contributed by atoms with Crippen molar-refractivity contribution in [1.82, 2.24) is 4.98 Å². The minimum atomic E-state index is -2.75. The van der Waals surface area contributed by atoms with Crippen LogP contribution in [-0.2, 0) is 5.33 Å². The average molecular weight is 268 g/mol. The molecule has 0 saturated heterocycles. The summed E-state index contributed by atoms with van der Waals surface area (Å²) in [6.07, 6.45) is -2.75. The van der Waals surface area contributed by atoms with Crippen molar-refractivity contribution in [2.24, 2.45) is 0 Å². The Balaban J connectivity index is 3.32. The van der Waals surface area contributed by atoms with Gasteiger partial charge in [-0.25, -0.2) is 8.78 Å². The van der Waals surface area contributed by atoms with Crippen molar-refractivity contribution in [2.45, 2.75) is 11.8 Å². The molecular weight excluding hydrogens is 260 g/mol. The van der Waals surface area contributed by atoms with Crippen LogP contribution in [-0.4, -0.2) is 12.1 Å². The van der Waals surface area contributed by atoms with Crippen molar-refractivity contribution in [3.63, 3.8) is 0 Å². The largest absolute Gasteiger partial charge is 0.495 e. The fourth-order valence-electron chi connectivity index (χ4n) is 0.996. The van der Waals surface area contributed by atoms with Crippen molar-refractivity contribution >= 4 is 15.9 Å². The molecule has 0 unspecified atom stereocenters. The summed E-state index contributed by atoms with van der Waals surface area (Å²) in [6, 6.07) is 1.30. The lowest BCUT2D eigenvalue weighted by atomic mass is 10.2. The van der Waals surface area contributed by atoms with Gasteiger partial charge in [0.1, 0.15) is 11.4 Å². The van der Waals surface area contributed by atoms with E-state index in [9.17, 15) is 13.6 Å². The van der Waals surface area contributed by atoms with Crippen LogP contribution in [0.25, 0.3) is 0 Å². The number of rotatable bonds is 3. The van der Waals surface area contributed by atoms with Crippen LogP contribution in [0.15, 0.2) is 10.9 Å². The van der Waals surface area contributed by atoms with Gasteiger partial charge in [-0.3, -0.25) is 4.79 Å². The summed E-state index contributed by atoms with van der Waals surface area (Å²) >= 11 is 3.07. The van der Waals surface area contributed by atoms with Gasteiger partial charge >= 0.3 is 0 Å². The van der Waals surface area contributed by atoms with E-state index >= 15 is 0 Å². The molecule has 0 fully saturated rings. The zero-order valence-corrected chi connectivity index (χ0v) is 8.90. The molecule has 0 aromatic carbocycles. The Hall–Kier alpha value is -0.910. The number of aromatic nitrogens is 1. The molecule has 3 nitrogen and oxygen atoms in total. The highest BCUT2D eigenvalue weighted by Crippen LogP contribution is 2.26. The molecule has 14 heavy (non-hydrogen) atoms. The monoisotopic (exact) mass is 267 g/mol. The van der Waals surface area contributed by atoms with Crippen molar-refractivity contribution in [2.75, 3.05) is 7.11 Å². The summed E-state index contributed by atoms with van der Waals surface area (Å²) in [5, 5.41) is 0.294. The molecule has 0 saturated carbocycles. The number of ether oxygens (including phenoxy) is 1. The fourth-order valence-corrected chi connectivity index (χ4v) is 1.41. The molecule has 0 amide bonds. The Bertz CT molecular complexity index is 378. The lowest BCUT2D eigenvalue weighted by molar-refractivity contribution is 0.141. The summed E-state index contributed by atoms with van der Waals surface area (Å²) in [7, 11) is 1.28. The van der Waals surface area contributed by atoms with Gasteiger partial charge in [0.25, 0.3) is 12.0 Å². The molecule has 1 aromatic rings. The third kappa shape index (κ3) is 2.12. The number of alkyl halides is 3. The van der Waals surface area contributed by atoms with Crippen LogP contribution in [0.5, 0.6) is 5.75 Å². The molecule has 0 radical (unpaired) electrons. The Morgan fingerprint density at radius 3 is 2.71 bits per heavy atom. The number of halogens is 3. The summed E-state index contributed by atoms with van der Waals surface area (Å²) in [5.74, 6) is -0.00551. The molecule has 0 atom stereocenters. The van der Waals surface area contributed by atoms with E-state index in [1.54, 1.807) is 0 Å². The van der Waals surface area contributed by atoms with Gasteiger partial charge in [-0.15, -0.1) is 0 Å². The average Bonchev–Trinajstić information content (AvgIpc) is 2.17. The zero-order chi connectivity index (χ0) is 10.7. The Labute approximate surface area is 87.2 Å². The molecule has 6 heteroatoms. The number of H-pyrrole nitrogens is 1. The molecule has 78 valence electrons. The second kappa shape index (κ2) is 4.54. The third-order valence-electron chi connectivity index (χ3n) is 1.69. The summed E-state index contributed by atoms with van der Waals surface area (Å²) in [4.78, 5) is 13.3. The number of hydrogen-bond donors (Lipinski definition) is 1. The minimum absolute atomic E-state index is 0.00551. The number of aromatic amines is 1. The predicted octanol–water partition coefficient (Wildman–Crippen LogP) is 2.22. The first-order valence-corrected chi connectivity index (χ1v) is 4.86. The first-order valence-electron chi connectivity index (χ1n) is 3.74. The van der Waals surface area contributed by atoms with Crippen LogP contribution in [0, 0.1) is 0 Å². The number of nitrogens with one attached hydrogen (secondary N) is 1. The van der Waals surface area contributed by atoms with Gasteiger partial charge in [0.15, 0.2) is 0 Å². The Morgan fingerprint density at radius 2 is 2.29 bits per heavy atom. The zero-order valence-electron chi connectivity index (χ0n) is 7.31. The second-order valence-corrected chi connectivity index (χ2v) is 3.10. The van der Waals surface area contributed by atoms with Crippen LogP contribution < -0.4 is 10.3 Å². The SMILES string of the molecule is COc1cc(CBr)c(=O)[nH]c1C(F)F. The predicted molar refractivity (Wildman–Crippen MR) is 51.2 cm³/mol. The van der Waals surface area contributed by atoms with Crippen molar-refractivity contribution in [1.29, 1.82) is 0 Å². The number of methoxy groups -OCH3 is 1. The van der Waals surface area contributed by atoms with Crippen molar-refractivity contribution < 1.29 is 13.5 Å². The maximum atomic E-state index is 12.4. The maximum absolute atomic E-state index is 12.4. The molecule has 1 aromatic heterocycles. The van der Waals surface area contributed by atoms with Gasteiger partial charge in [0.2, 0.25) is 0 Å². The van der Waals surface area contributed by atoms with E-state index in [4.69, 9.17) is 4.74 Å². The van der Waals surface area contributed by atoms with E-state index < -0.39 is 17.7 Å².